The first-order chi connectivity index (χ1) is 6.06. The normalized spacial score (nSPS) is 10.5. The zero-order chi connectivity index (χ0) is 10.0. The van der Waals surface area contributed by atoms with Gasteiger partial charge in [-0.15, -0.1) is 0 Å². The molecule has 1 rings (SSSR count). The molecule has 0 bridgehead atoms. The number of rotatable bonds is 2. The van der Waals surface area contributed by atoms with Crippen molar-refractivity contribution in [2.45, 2.75) is 26.8 Å². The molecule has 13 heavy (non-hydrogen) atoms. The van der Waals surface area contributed by atoms with Crippen LogP contribution >= 0.6 is 0 Å². The summed E-state index contributed by atoms with van der Waals surface area (Å²) >= 11 is 0. The highest BCUT2D eigenvalue weighted by Gasteiger charge is 2.06. The molecule has 0 amide bonds. The van der Waals surface area contributed by atoms with Crippen molar-refractivity contribution in [2.24, 2.45) is 0 Å². The summed E-state index contributed by atoms with van der Waals surface area (Å²) in [5.74, 6) is 0.405. The molecule has 1 aromatic heterocycles. The SMILES string of the molecule is COc1nc(=O)n(C(C)C)cc1C. The average Bonchev–Trinajstić information content (AvgIpc) is 2.07. The summed E-state index contributed by atoms with van der Waals surface area (Å²) in [5.41, 5.74) is 0.605. The molecule has 72 valence electrons. The molecular weight excluding hydrogens is 168 g/mol. The quantitative estimate of drug-likeness (QED) is 0.689. The molecule has 0 spiro atoms. The third kappa shape index (κ3) is 1.88. The molecule has 1 aromatic rings. The number of ether oxygens (including phenoxy) is 1. The van der Waals surface area contributed by atoms with Gasteiger partial charge in [-0.2, -0.15) is 4.98 Å². The van der Waals surface area contributed by atoms with E-state index < -0.39 is 0 Å². The minimum Gasteiger partial charge on any atom is -0.481 e. The summed E-state index contributed by atoms with van der Waals surface area (Å²) in [6.45, 7) is 5.74. The van der Waals surface area contributed by atoms with Crippen molar-refractivity contribution in [3.63, 3.8) is 0 Å². The zero-order valence-corrected chi connectivity index (χ0v) is 8.37. The zero-order valence-electron chi connectivity index (χ0n) is 8.37. The van der Waals surface area contributed by atoms with Gasteiger partial charge in [0.25, 0.3) is 0 Å². The Morgan fingerprint density at radius 1 is 1.54 bits per heavy atom. The summed E-state index contributed by atoms with van der Waals surface area (Å²) in [6, 6.07) is 0.129. The maximum Gasteiger partial charge on any atom is 0.351 e. The van der Waals surface area contributed by atoms with E-state index in [9.17, 15) is 4.79 Å². The smallest absolute Gasteiger partial charge is 0.351 e. The number of aromatic nitrogens is 2. The minimum atomic E-state index is -0.266. The molecule has 0 aromatic carbocycles. The maximum absolute atomic E-state index is 11.4. The van der Waals surface area contributed by atoms with Gasteiger partial charge in [-0.05, 0) is 20.8 Å². The second-order valence-corrected chi connectivity index (χ2v) is 3.22. The molecule has 0 aliphatic carbocycles. The van der Waals surface area contributed by atoms with E-state index in [1.807, 2.05) is 20.8 Å². The van der Waals surface area contributed by atoms with E-state index in [1.54, 1.807) is 10.8 Å². The van der Waals surface area contributed by atoms with Gasteiger partial charge in [0.05, 0.1) is 7.11 Å². The fourth-order valence-electron chi connectivity index (χ4n) is 1.13. The monoisotopic (exact) mass is 182 g/mol. The van der Waals surface area contributed by atoms with Crippen LogP contribution in [0.25, 0.3) is 0 Å². The lowest BCUT2D eigenvalue weighted by molar-refractivity contribution is 0.386. The summed E-state index contributed by atoms with van der Waals surface area (Å²) in [6.07, 6.45) is 1.76. The van der Waals surface area contributed by atoms with Crippen molar-refractivity contribution in [1.29, 1.82) is 0 Å². The van der Waals surface area contributed by atoms with Crippen molar-refractivity contribution in [2.75, 3.05) is 7.11 Å². The Hall–Kier alpha value is -1.32. The van der Waals surface area contributed by atoms with Crippen LogP contribution in [0.2, 0.25) is 0 Å². The molecule has 0 radical (unpaired) electrons. The Labute approximate surface area is 77.2 Å². The Balaban J connectivity index is 3.29. The van der Waals surface area contributed by atoms with Gasteiger partial charge in [0.15, 0.2) is 0 Å². The molecule has 0 aliphatic rings. The Bertz CT molecular complexity index is 355. The number of nitrogens with zero attached hydrogens (tertiary/aromatic N) is 2. The summed E-state index contributed by atoms with van der Waals surface area (Å²) in [7, 11) is 1.51. The van der Waals surface area contributed by atoms with Crippen LogP contribution in [0.4, 0.5) is 0 Å². The van der Waals surface area contributed by atoms with Gasteiger partial charge in [0.2, 0.25) is 5.88 Å². The minimum absolute atomic E-state index is 0.129. The molecule has 0 unspecified atom stereocenters. The predicted molar refractivity (Wildman–Crippen MR) is 50.2 cm³/mol. The fraction of sp³-hybridized carbons (Fsp3) is 0.556. The van der Waals surface area contributed by atoms with Crippen molar-refractivity contribution >= 4 is 0 Å². The standard InChI is InChI=1S/C9H14N2O2/c1-6(2)11-5-7(3)8(13-4)10-9(11)12/h5-6H,1-4H3. The lowest BCUT2D eigenvalue weighted by atomic mass is 10.3. The first kappa shape index (κ1) is 9.77. The van der Waals surface area contributed by atoms with Crippen LogP contribution in [0.3, 0.4) is 0 Å². The number of hydrogen-bond acceptors (Lipinski definition) is 3. The highest BCUT2D eigenvalue weighted by Crippen LogP contribution is 2.11. The first-order valence-electron chi connectivity index (χ1n) is 4.20. The molecular formula is C9H14N2O2. The predicted octanol–water partition coefficient (Wildman–Crippen LogP) is 1.14. The summed E-state index contributed by atoms with van der Waals surface area (Å²) < 4.78 is 6.52. The van der Waals surface area contributed by atoms with E-state index in [1.165, 1.54) is 7.11 Å². The van der Waals surface area contributed by atoms with E-state index in [0.717, 1.165) is 5.56 Å². The second-order valence-electron chi connectivity index (χ2n) is 3.22. The van der Waals surface area contributed by atoms with Crippen molar-refractivity contribution in [1.82, 2.24) is 9.55 Å². The Kier molecular flexibility index (Phi) is 2.70. The molecule has 4 nitrogen and oxygen atoms in total. The fourth-order valence-corrected chi connectivity index (χ4v) is 1.13. The van der Waals surface area contributed by atoms with Crippen LogP contribution in [0.15, 0.2) is 11.0 Å². The van der Waals surface area contributed by atoms with E-state index >= 15 is 0 Å². The van der Waals surface area contributed by atoms with Gasteiger partial charge >= 0.3 is 5.69 Å². The second kappa shape index (κ2) is 3.60. The van der Waals surface area contributed by atoms with Crippen LogP contribution in [-0.4, -0.2) is 16.7 Å². The van der Waals surface area contributed by atoms with Crippen molar-refractivity contribution in [3.05, 3.63) is 22.2 Å². The lowest BCUT2D eigenvalue weighted by Gasteiger charge is -2.11. The topological polar surface area (TPSA) is 44.1 Å². The highest BCUT2D eigenvalue weighted by atomic mass is 16.5. The van der Waals surface area contributed by atoms with E-state index in [4.69, 9.17) is 4.74 Å². The maximum atomic E-state index is 11.4. The number of methoxy groups -OCH3 is 1. The van der Waals surface area contributed by atoms with Crippen LogP contribution in [0.1, 0.15) is 25.5 Å². The highest BCUT2D eigenvalue weighted by molar-refractivity contribution is 5.20. The summed E-state index contributed by atoms with van der Waals surface area (Å²) in [5, 5.41) is 0. The van der Waals surface area contributed by atoms with Crippen molar-refractivity contribution < 1.29 is 4.74 Å². The average molecular weight is 182 g/mol. The van der Waals surface area contributed by atoms with Crippen LogP contribution in [-0.2, 0) is 0 Å². The molecule has 0 atom stereocenters. The largest absolute Gasteiger partial charge is 0.481 e. The van der Waals surface area contributed by atoms with Gasteiger partial charge in [0.1, 0.15) is 0 Å². The third-order valence-electron chi connectivity index (χ3n) is 1.84. The van der Waals surface area contributed by atoms with E-state index in [-0.39, 0.29) is 11.7 Å². The summed E-state index contributed by atoms with van der Waals surface area (Å²) in [4.78, 5) is 15.2. The van der Waals surface area contributed by atoms with Crippen LogP contribution in [0, 0.1) is 6.92 Å². The molecule has 0 saturated carbocycles. The van der Waals surface area contributed by atoms with Gasteiger partial charge < -0.3 is 4.74 Å². The van der Waals surface area contributed by atoms with Gasteiger partial charge in [-0.3, -0.25) is 4.57 Å². The molecule has 0 saturated heterocycles. The van der Waals surface area contributed by atoms with Crippen molar-refractivity contribution in [3.8, 4) is 5.88 Å². The van der Waals surface area contributed by atoms with Gasteiger partial charge in [-0.25, -0.2) is 4.79 Å². The van der Waals surface area contributed by atoms with Gasteiger partial charge in [-0.1, -0.05) is 0 Å². The van der Waals surface area contributed by atoms with Gasteiger partial charge in [0, 0.05) is 17.8 Å². The number of hydrogen-bond donors (Lipinski definition) is 0. The molecule has 0 N–H and O–H groups in total. The first-order valence-corrected chi connectivity index (χ1v) is 4.20. The molecule has 0 aliphatic heterocycles. The van der Waals surface area contributed by atoms with E-state index in [0.29, 0.717) is 5.88 Å². The van der Waals surface area contributed by atoms with Crippen LogP contribution < -0.4 is 10.4 Å². The Morgan fingerprint density at radius 3 is 2.62 bits per heavy atom. The Morgan fingerprint density at radius 2 is 2.15 bits per heavy atom. The third-order valence-corrected chi connectivity index (χ3v) is 1.84. The molecule has 1 heterocycles. The van der Waals surface area contributed by atoms with Crippen LogP contribution in [0.5, 0.6) is 5.88 Å². The lowest BCUT2D eigenvalue weighted by Crippen LogP contribution is -2.24. The number of aryl methyl sites for hydroxylation is 1. The molecule has 0 fully saturated rings. The van der Waals surface area contributed by atoms with E-state index in [2.05, 4.69) is 4.98 Å². The molecule has 4 heteroatoms.